The molecule has 0 aliphatic heterocycles. The predicted molar refractivity (Wildman–Crippen MR) is 132 cm³/mol. The third kappa shape index (κ3) is 4.29. The van der Waals surface area contributed by atoms with Crippen molar-refractivity contribution in [3.63, 3.8) is 0 Å². The summed E-state index contributed by atoms with van der Waals surface area (Å²) in [5.41, 5.74) is -0.517. The molecule has 11 heteroatoms. The quantitative estimate of drug-likeness (QED) is 0.323. The molecule has 178 valence electrons. The fourth-order valence-corrected chi connectivity index (χ4v) is 4.48. The van der Waals surface area contributed by atoms with E-state index in [0.717, 1.165) is 21.3 Å². The van der Waals surface area contributed by atoms with Crippen LogP contribution >= 0.6 is 22.6 Å². The van der Waals surface area contributed by atoms with E-state index in [2.05, 4.69) is 5.10 Å². The fourth-order valence-electron chi connectivity index (χ4n) is 3.86. The number of alkyl halides is 3. The number of nitrogens with zero attached hydrogens (tertiary/aromatic N) is 5. The van der Waals surface area contributed by atoms with Crippen LogP contribution in [0.4, 0.5) is 13.2 Å². The Morgan fingerprint density at radius 1 is 1.09 bits per heavy atom. The Morgan fingerprint density at radius 3 is 2.37 bits per heavy atom. The molecule has 0 saturated heterocycles. The number of halogens is 4. The largest absolute Gasteiger partial charge is 0.416 e. The number of nitriles is 1. The van der Waals surface area contributed by atoms with Crippen molar-refractivity contribution in [1.82, 2.24) is 18.9 Å². The van der Waals surface area contributed by atoms with Crippen LogP contribution in [0.2, 0.25) is 0 Å². The molecule has 35 heavy (non-hydrogen) atoms. The van der Waals surface area contributed by atoms with E-state index in [0.29, 0.717) is 20.5 Å². The lowest BCUT2D eigenvalue weighted by atomic mass is 10.1. The van der Waals surface area contributed by atoms with Crippen LogP contribution in [0.3, 0.4) is 0 Å². The summed E-state index contributed by atoms with van der Waals surface area (Å²) in [6, 6.07) is 13.0. The Hall–Kier alpha value is -3.66. The SMILES string of the molecule is CCn1c(=O)c(-c2c(I)cnn2-c2ccc(C#N)cc2)c(C)n(-c2cccc(C(F)(F)F)c2)c1=O. The van der Waals surface area contributed by atoms with Crippen LogP contribution in [0.15, 0.2) is 64.3 Å². The topological polar surface area (TPSA) is 85.6 Å². The Balaban J connectivity index is 2.05. The average Bonchev–Trinajstić information content (AvgIpc) is 3.20. The van der Waals surface area contributed by atoms with Gasteiger partial charge in [0.05, 0.1) is 49.6 Å². The van der Waals surface area contributed by atoms with E-state index in [1.807, 2.05) is 28.7 Å². The van der Waals surface area contributed by atoms with Gasteiger partial charge in [-0.2, -0.15) is 23.5 Å². The van der Waals surface area contributed by atoms with Crippen molar-refractivity contribution in [2.45, 2.75) is 26.6 Å². The summed E-state index contributed by atoms with van der Waals surface area (Å²) in [5, 5.41) is 13.4. The van der Waals surface area contributed by atoms with Crippen molar-refractivity contribution >= 4 is 22.6 Å². The van der Waals surface area contributed by atoms with Crippen molar-refractivity contribution in [2.24, 2.45) is 0 Å². The molecular weight excluding hydrogens is 574 g/mol. The first-order valence-electron chi connectivity index (χ1n) is 10.4. The minimum absolute atomic E-state index is 0.00905. The molecule has 0 N–H and O–H groups in total. The van der Waals surface area contributed by atoms with E-state index >= 15 is 0 Å². The summed E-state index contributed by atoms with van der Waals surface area (Å²) in [6.07, 6.45) is -3.05. The molecule has 4 aromatic rings. The molecule has 0 spiro atoms. The summed E-state index contributed by atoms with van der Waals surface area (Å²) in [5.74, 6) is 0. The fraction of sp³-hybridized carbons (Fsp3) is 0.167. The first-order valence-corrected chi connectivity index (χ1v) is 11.4. The van der Waals surface area contributed by atoms with Crippen LogP contribution < -0.4 is 11.2 Å². The molecule has 0 unspecified atom stereocenters. The highest BCUT2D eigenvalue weighted by molar-refractivity contribution is 14.1. The zero-order chi connectivity index (χ0) is 25.5. The van der Waals surface area contributed by atoms with Crippen LogP contribution in [0.25, 0.3) is 22.6 Å². The molecule has 0 aliphatic carbocycles. The van der Waals surface area contributed by atoms with Gasteiger partial charge < -0.3 is 0 Å². The van der Waals surface area contributed by atoms with Gasteiger partial charge in [-0.1, -0.05) is 6.07 Å². The highest BCUT2D eigenvalue weighted by Crippen LogP contribution is 2.32. The van der Waals surface area contributed by atoms with Gasteiger partial charge in [0.25, 0.3) is 5.56 Å². The molecule has 0 amide bonds. The summed E-state index contributed by atoms with van der Waals surface area (Å²) in [4.78, 5) is 26.7. The number of hydrogen-bond acceptors (Lipinski definition) is 4. The second-order valence-corrected chi connectivity index (χ2v) is 8.75. The standard InChI is InChI=1S/C24H17F3IN5O2/c1-3-31-22(34)20(21-19(28)13-30-33(21)17-9-7-15(12-29)8-10-17)14(2)32(23(31)35)18-6-4-5-16(11-18)24(25,26)27/h4-11,13H,3H2,1-2H3. The Kier molecular flexibility index (Phi) is 6.42. The van der Waals surface area contributed by atoms with Gasteiger partial charge in [-0.05, 0) is 78.9 Å². The third-order valence-corrected chi connectivity index (χ3v) is 6.32. The summed E-state index contributed by atoms with van der Waals surface area (Å²) in [7, 11) is 0. The predicted octanol–water partition coefficient (Wildman–Crippen LogP) is 4.68. The van der Waals surface area contributed by atoms with Crippen molar-refractivity contribution in [2.75, 3.05) is 0 Å². The molecule has 0 saturated carbocycles. The highest BCUT2D eigenvalue weighted by atomic mass is 127. The van der Waals surface area contributed by atoms with Gasteiger partial charge in [0, 0.05) is 12.2 Å². The zero-order valence-corrected chi connectivity index (χ0v) is 20.6. The maximum atomic E-state index is 13.5. The molecule has 4 rings (SSSR count). The maximum absolute atomic E-state index is 13.5. The lowest BCUT2D eigenvalue weighted by molar-refractivity contribution is -0.137. The summed E-state index contributed by atoms with van der Waals surface area (Å²) >= 11 is 2.01. The Morgan fingerprint density at radius 2 is 1.77 bits per heavy atom. The smallest absolute Gasteiger partial charge is 0.268 e. The number of benzene rings is 2. The molecule has 0 bridgehead atoms. The lowest BCUT2D eigenvalue weighted by Crippen LogP contribution is -2.41. The van der Waals surface area contributed by atoms with Gasteiger partial charge >= 0.3 is 11.9 Å². The van der Waals surface area contributed by atoms with E-state index < -0.39 is 23.0 Å². The van der Waals surface area contributed by atoms with Gasteiger partial charge in [-0.25, -0.2) is 9.48 Å². The molecular formula is C24H17F3IN5O2. The zero-order valence-electron chi connectivity index (χ0n) is 18.5. The Labute approximate surface area is 210 Å². The first kappa shape index (κ1) is 24.5. The highest BCUT2D eigenvalue weighted by Gasteiger charge is 2.31. The van der Waals surface area contributed by atoms with Crippen molar-refractivity contribution < 1.29 is 13.2 Å². The van der Waals surface area contributed by atoms with Gasteiger partial charge in [0.15, 0.2) is 0 Å². The minimum Gasteiger partial charge on any atom is -0.268 e. The third-order valence-electron chi connectivity index (χ3n) is 5.53. The maximum Gasteiger partial charge on any atom is 0.416 e. The first-order chi connectivity index (χ1) is 16.6. The lowest BCUT2D eigenvalue weighted by Gasteiger charge is -2.19. The molecule has 7 nitrogen and oxygen atoms in total. The van der Waals surface area contributed by atoms with Crippen LogP contribution in [-0.4, -0.2) is 18.9 Å². The molecule has 2 heterocycles. The monoisotopic (exact) mass is 591 g/mol. The number of aromatic nitrogens is 4. The van der Waals surface area contributed by atoms with Gasteiger partial charge in [-0.15, -0.1) is 0 Å². The molecule has 0 aliphatic rings. The normalized spacial score (nSPS) is 11.5. The van der Waals surface area contributed by atoms with E-state index in [1.54, 1.807) is 37.4 Å². The number of hydrogen-bond donors (Lipinski definition) is 0. The van der Waals surface area contributed by atoms with Crippen LogP contribution in [-0.2, 0) is 12.7 Å². The molecule has 2 aromatic heterocycles. The van der Waals surface area contributed by atoms with Crippen molar-refractivity contribution in [1.29, 1.82) is 5.26 Å². The molecule has 0 atom stereocenters. The minimum atomic E-state index is -4.60. The van der Waals surface area contributed by atoms with Crippen molar-refractivity contribution in [3.8, 4) is 28.7 Å². The molecule has 0 fully saturated rings. The number of rotatable bonds is 4. The summed E-state index contributed by atoms with van der Waals surface area (Å²) in [6.45, 7) is 3.15. The Bertz CT molecular complexity index is 1590. The van der Waals surface area contributed by atoms with E-state index in [4.69, 9.17) is 5.26 Å². The van der Waals surface area contributed by atoms with Crippen molar-refractivity contribution in [3.05, 3.63) is 96.0 Å². The van der Waals surface area contributed by atoms with E-state index in [1.165, 1.54) is 23.7 Å². The van der Waals surface area contributed by atoms with Crippen LogP contribution in [0, 0.1) is 21.8 Å². The van der Waals surface area contributed by atoms with Crippen LogP contribution in [0.1, 0.15) is 23.7 Å². The summed E-state index contributed by atoms with van der Waals surface area (Å²) < 4.78 is 44.3. The van der Waals surface area contributed by atoms with Gasteiger partial charge in [0.1, 0.15) is 0 Å². The second kappa shape index (κ2) is 9.18. The van der Waals surface area contributed by atoms with Gasteiger partial charge in [-0.3, -0.25) is 13.9 Å². The van der Waals surface area contributed by atoms with Gasteiger partial charge in [0.2, 0.25) is 0 Å². The van der Waals surface area contributed by atoms with E-state index in [9.17, 15) is 22.8 Å². The van der Waals surface area contributed by atoms with Crippen LogP contribution in [0.5, 0.6) is 0 Å². The average molecular weight is 591 g/mol. The molecule has 2 aromatic carbocycles. The second-order valence-electron chi connectivity index (χ2n) is 7.59. The molecule has 0 radical (unpaired) electrons. The van der Waals surface area contributed by atoms with E-state index in [-0.39, 0.29) is 23.5 Å².